The number of hydrogen-bond donors (Lipinski definition) is 2. The Morgan fingerprint density at radius 1 is 0.973 bits per heavy atom. The minimum atomic E-state index is -0.0949. The number of likely N-dealkylation sites (tertiary alicyclic amines) is 1. The second-order valence-corrected chi connectivity index (χ2v) is 9.46. The van der Waals surface area contributed by atoms with Crippen molar-refractivity contribution < 1.29 is 14.3 Å². The van der Waals surface area contributed by atoms with Gasteiger partial charge in [0.05, 0.1) is 12.2 Å². The summed E-state index contributed by atoms with van der Waals surface area (Å²) in [5.74, 6) is 0.571. The van der Waals surface area contributed by atoms with Crippen molar-refractivity contribution in [2.24, 2.45) is 0 Å². The van der Waals surface area contributed by atoms with E-state index in [1.54, 1.807) is 12.1 Å². The van der Waals surface area contributed by atoms with Crippen molar-refractivity contribution in [3.8, 4) is 5.75 Å². The van der Waals surface area contributed by atoms with Gasteiger partial charge < -0.3 is 19.8 Å². The molecule has 1 saturated heterocycles. The Labute approximate surface area is 216 Å². The van der Waals surface area contributed by atoms with E-state index in [1.807, 2.05) is 78.3 Å². The molecule has 3 heterocycles. The maximum atomic E-state index is 12.8. The van der Waals surface area contributed by atoms with Crippen LogP contribution < -0.4 is 15.4 Å². The number of nitrogens with zero attached hydrogens (tertiary/aromatic N) is 3. The molecular weight excluding hydrogens is 466 g/mol. The number of para-hydroxylation sites is 1. The number of carbonyl (C=O) groups excluding carboxylic acids is 2. The summed E-state index contributed by atoms with van der Waals surface area (Å²) in [5.41, 5.74) is 4.30. The van der Waals surface area contributed by atoms with Crippen molar-refractivity contribution in [2.45, 2.75) is 32.4 Å². The average molecular weight is 498 g/mol. The summed E-state index contributed by atoms with van der Waals surface area (Å²) in [6.45, 7) is 4.29. The average Bonchev–Trinajstić information content (AvgIpc) is 3.31. The Morgan fingerprint density at radius 3 is 2.49 bits per heavy atom. The second kappa shape index (κ2) is 11.3. The summed E-state index contributed by atoms with van der Waals surface area (Å²) in [6, 6.07) is 20.7. The van der Waals surface area contributed by atoms with Gasteiger partial charge in [-0.3, -0.25) is 14.5 Å². The molecule has 2 aromatic carbocycles. The number of piperidine rings is 1. The number of rotatable bonds is 8. The number of aryl methyl sites for hydroxylation is 1. The van der Waals surface area contributed by atoms with Gasteiger partial charge in [0.1, 0.15) is 18.0 Å². The Hall–Kier alpha value is -4.17. The number of ether oxygens (including phenoxy) is 1. The molecule has 2 amide bonds. The largest absolute Gasteiger partial charge is 0.487 e. The highest BCUT2D eigenvalue weighted by atomic mass is 16.5. The standard InChI is InChI=1S/C29H31N5O3/c1-21-7-12-27-30-25(18-34(27)17-21)20-37-26-10-8-22(9-11-26)29(36)32-24-13-15-33(16-14-24)19-28(35)31-23-5-3-2-4-6-23/h2-12,17-18,24H,13-16,19-20H2,1H3,(H,31,35)(H,32,36). The van der Waals surface area contributed by atoms with Crippen LogP contribution in [0.15, 0.2) is 79.1 Å². The van der Waals surface area contributed by atoms with Crippen LogP contribution in [-0.4, -0.2) is 51.8 Å². The number of imidazole rings is 1. The van der Waals surface area contributed by atoms with E-state index in [0.29, 0.717) is 24.5 Å². The molecule has 0 saturated carbocycles. The third kappa shape index (κ3) is 6.54. The van der Waals surface area contributed by atoms with E-state index in [2.05, 4.69) is 20.5 Å². The normalized spacial score (nSPS) is 14.4. The predicted molar refractivity (Wildman–Crippen MR) is 143 cm³/mol. The molecule has 0 radical (unpaired) electrons. The Morgan fingerprint density at radius 2 is 1.73 bits per heavy atom. The Bertz CT molecular complexity index is 1360. The minimum Gasteiger partial charge on any atom is -0.487 e. The summed E-state index contributed by atoms with van der Waals surface area (Å²) in [4.78, 5) is 31.7. The SMILES string of the molecule is Cc1ccc2nc(COc3ccc(C(=O)NC4CCN(CC(=O)Nc5ccccc5)CC4)cc3)cn2c1. The van der Waals surface area contributed by atoms with Crippen LogP contribution in [0.5, 0.6) is 5.75 Å². The van der Waals surface area contributed by atoms with Crippen molar-refractivity contribution in [3.63, 3.8) is 0 Å². The van der Waals surface area contributed by atoms with E-state index in [-0.39, 0.29) is 17.9 Å². The first-order valence-corrected chi connectivity index (χ1v) is 12.6. The van der Waals surface area contributed by atoms with Gasteiger partial charge in [0, 0.05) is 42.8 Å². The molecular formula is C29H31N5O3. The molecule has 8 heteroatoms. The molecule has 37 heavy (non-hydrogen) atoms. The first-order chi connectivity index (χ1) is 18.0. The molecule has 8 nitrogen and oxygen atoms in total. The number of carbonyl (C=O) groups is 2. The van der Waals surface area contributed by atoms with Gasteiger partial charge in [0.2, 0.25) is 5.91 Å². The fraction of sp³-hybridized carbons (Fsp3) is 0.276. The van der Waals surface area contributed by atoms with Crippen molar-refractivity contribution >= 4 is 23.1 Å². The highest BCUT2D eigenvalue weighted by Crippen LogP contribution is 2.17. The van der Waals surface area contributed by atoms with Crippen molar-refractivity contribution in [3.05, 3.63) is 95.9 Å². The van der Waals surface area contributed by atoms with E-state index in [4.69, 9.17) is 4.74 Å². The van der Waals surface area contributed by atoms with Crippen molar-refractivity contribution in [2.75, 3.05) is 25.0 Å². The highest BCUT2D eigenvalue weighted by Gasteiger charge is 2.22. The van der Waals surface area contributed by atoms with Gasteiger partial charge in [-0.1, -0.05) is 24.3 Å². The van der Waals surface area contributed by atoms with Crippen molar-refractivity contribution in [1.29, 1.82) is 0 Å². The number of amides is 2. The highest BCUT2D eigenvalue weighted by molar-refractivity contribution is 5.94. The first-order valence-electron chi connectivity index (χ1n) is 12.6. The van der Waals surface area contributed by atoms with Crippen molar-refractivity contribution in [1.82, 2.24) is 19.6 Å². The maximum Gasteiger partial charge on any atom is 0.251 e. The fourth-order valence-corrected chi connectivity index (χ4v) is 4.51. The molecule has 1 aliphatic rings. The molecule has 190 valence electrons. The number of hydrogen-bond acceptors (Lipinski definition) is 5. The molecule has 0 spiro atoms. The summed E-state index contributed by atoms with van der Waals surface area (Å²) < 4.78 is 7.86. The minimum absolute atomic E-state index is 0.0210. The monoisotopic (exact) mass is 497 g/mol. The smallest absolute Gasteiger partial charge is 0.251 e. The van der Waals surface area contributed by atoms with Gasteiger partial charge in [0.25, 0.3) is 5.91 Å². The van der Waals surface area contributed by atoms with Gasteiger partial charge >= 0.3 is 0 Å². The zero-order valence-corrected chi connectivity index (χ0v) is 20.9. The van der Waals surface area contributed by atoms with Crippen LogP contribution >= 0.6 is 0 Å². The zero-order chi connectivity index (χ0) is 25.6. The number of benzene rings is 2. The van der Waals surface area contributed by atoms with E-state index in [0.717, 1.165) is 43.0 Å². The lowest BCUT2D eigenvalue weighted by atomic mass is 10.0. The summed E-state index contributed by atoms with van der Waals surface area (Å²) in [5, 5.41) is 6.05. The van der Waals surface area contributed by atoms with Gasteiger partial charge in [0.15, 0.2) is 0 Å². The van der Waals surface area contributed by atoms with Crippen LogP contribution in [0.1, 0.15) is 34.5 Å². The number of aromatic nitrogens is 2. The molecule has 1 aliphatic heterocycles. The van der Waals surface area contributed by atoms with E-state index in [1.165, 1.54) is 5.56 Å². The molecule has 2 N–H and O–H groups in total. The van der Waals surface area contributed by atoms with Gasteiger partial charge in [-0.25, -0.2) is 4.98 Å². The van der Waals surface area contributed by atoms with E-state index in [9.17, 15) is 9.59 Å². The van der Waals surface area contributed by atoms with Crippen LogP contribution in [0.3, 0.4) is 0 Å². The zero-order valence-electron chi connectivity index (χ0n) is 20.9. The van der Waals surface area contributed by atoms with E-state index >= 15 is 0 Å². The Balaban J connectivity index is 1.05. The Kier molecular flexibility index (Phi) is 7.46. The molecule has 1 fully saturated rings. The third-order valence-electron chi connectivity index (χ3n) is 6.50. The van der Waals surface area contributed by atoms with Gasteiger partial charge in [-0.15, -0.1) is 0 Å². The van der Waals surface area contributed by atoms with E-state index < -0.39 is 0 Å². The van der Waals surface area contributed by atoms with Crippen LogP contribution in [0.2, 0.25) is 0 Å². The number of fused-ring (bicyclic) bond motifs is 1. The molecule has 0 bridgehead atoms. The van der Waals surface area contributed by atoms with Crippen LogP contribution in [-0.2, 0) is 11.4 Å². The number of nitrogens with one attached hydrogen (secondary N) is 2. The molecule has 2 aromatic heterocycles. The fourth-order valence-electron chi connectivity index (χ4n) is 4.51. The molecule has 0 aliphatic carbocycles. The molecule has 4 aromatic rings. The van der Waals surface area contributed by atoms with Crippen LogP contribution in [0.4, 0.5) is 5.69 Å². The summed E-state index contributed by atoms with van der Waals surface area (Å²) in [7, 11) is 0. The second-order valence-electron chi connectivity index (χ2n) is 9.46. The third-order valence-corrected chi connectivity index (χ3v) is 6.50. The van der Waals surface area contributed by atoms with Gasteiger partial charge in [-0.2, -0.15) is 0 Å². The quantitative estimate of drug-likeness (QED) is 0.383. The molecule has 5 rings (SSSR count). The maximum absolute atomic E-state index is 12.8. The van der Waals surface area contributed by atoms with Crippen LogP contribution in [0, 0.1) is 6.92 Å². The van der Waals surface area contributed by atoms with Crippen LogP contribution in [0.25, 0.3) is 5.65 Å². The predicted octanol–water partition coefficient (Wildman–Crippen LogP) is 4.05. The lowest BCUT2D eigenvalue weighted by Gasteiger charge is -2.31. The van der Waals surface area contributed by atoms with Gasteiger partial charge in [-0.05, 0) is 67.8 Å². The lowest BCUT2D eigenvalue weighted by molar-refractivity contribution is -0.117. The number of pyridine rings is 1. The summed E-state index contributed by atoms with van der Waals surface area (Å²) >= 11 is 0. The topological polar surface area (TPSA) is 88.0 Å². The number of anilines is 1. The molecule has 0 unspecified atom stereocenters. The lowest BCUT2D eigenvalue weighted by Crippen LogP contribution is -2.46. The summed E-state index contributed by atoms with van der Waals surface area (Å²) in [6.07, 6.45) is 5.62. The molecule has 0 atom stereocenters. The first kappa shape index (κ1) is 24.5.